The maximum Gasteiger partial charge on any atom is 4.00 e. The Labute approximate surface area is 119 Å². The number of hydrogen-bond acceptors (Lipinski definition) is 12. The summed E-state index contributed by atoms with van der Waals surface area (Å²) in [6, 6.07) is 0. The normalized spacial score (nSPS) is 14.0. The van der Waals surface area contributed by atoms with Crippen molar-refractivity contribution in [1.82, 2.24) is 0 Å². The van der Waals surface area contributed by atoms with Gasteiger partial charge in [-0.05, 0) is 0 Å². The number of aldehydes is 2. The van der Waals surface area contributed by atoms with Gasteiger partial charge in [-0.15, -0.1) is 0 Å². The van der Waals surface area contributed by atoms with Gasteiger partial charge in [0.25, 0.3) is 0 Å². The van der Waals surface area contributed by atoms with E-state index in [0.29, 0.717) is 0 Å². The summed E-state index contributed by atoms with van der Waals surface area (Å²) in [5.41, 5.74) is 0. The SMILES string of the molecule is O=CC(O)COP(=O)([O-])[O-].O=CC(O)COP(=O)([O-])[O-].[C+4]. The first-order valence-electron chi connectivity index (χ1n) is 4.51. The van der Waals surface area contributed by atoms with Crippen molar-refractivity contribution in [1.29, 1.82) is 0 Å². The Morgan fingerprint density at radius 1 is 0.857 bits per heavy atom. The van der Waals surface area contributed by atoms with Crippen molar-refractivity contribution in [3.05, 3.63) is 7.43 Å². The minimum Gasteiger partial charge on any atom is -0.790 e. The second-order valence-electron chi connectivity index (χ2n) is 2.89. The second kappa shape index (κ2) is 12.1. The third-order valence-corrected chi connectivity index (χ3v) is 2.05. The van der Waals surface area contributed by atoms with Gasteiger partial charge in [-0.25, -0.2) is 0 Å². The summed E-state index contributed by atoms with van der Waals surface area (Å²) in [5.74, 6) is 0. The number of phosphoric ester groups is 2. The number of aliphatic hydroxyl groups excluding tert-OH is 2. The van der Waals surface area contributed by atoms with Crippen LogP contribution in [0.2, 0.25) is 0 Å². The fourth-order valence-electron chi connectivity index (χ4n) is 0.414. The molecule has 120 valence electrons. The molecule has 2 unspecified atom stereocenters. The van der Waals surface area contributed by atoms with Gasteiger partial charge >= 0.3 is 7.43 Å². The summed E-state index contributed by atoms with van der Waals surface area (Å²) in [6.45, 7) is -1.62. The van der Waals surface area contributed by atoms with E-state index < -0.39 is 41.1 Å². The van der Waals surface area contributed by atoms with E-state index in [-0.39, 0.29) is 20.0 Å². The van der Waals surface area contributed by atoms with E-state index in [0.717, 1.165) is 0 Å². The Morgan fingerprint density at radius 3 is 1.24 bits per heavy atom. The van der Waals surface area contributed by atoms with Crippen LogP contribution in [0, 0.1) is 7.43 Å². The quantitative estimate of drug-likeness (QED) is 0.310. The van der Waals surface area contributed by atoms with Gasteiger partial charge in [0.2, 0.25) is 0 Å². The molecule has 0 radical (unpaired) electrons. The maximum absolute atomic E-state index is 9.67. The molecule has 0 aliphatic carbocycles. The summed E-state index contributed by atoms with van der Waals surface area (Å²) in [5, 5.41) is 16.7. The van der Waals surface area contributed by atoms with Crippen molar-refractivity contribution >= 4 is 28.2 Å². The van der Waals surface area contributed by atoms with E-state index >= 15 is 0 Å². The summed E-state index contributed by atoms with van der Waals surface area (Å²) in [4.78, 5) is 57.9. The average Bonchev–Trinajstić information content (AvgIpc) is 2.31. The van der Waals surface area contributed by atoms with Crippen LogP contribution < -0.4 is 19.6 Å². The predicted octanol–water partition coefficient (Wildman–Crippen LogP) is -5.14. The first kappa shape index (κ1) is 25.4. The molecule has 12 nitrogen and oxygen atoms in total. The molecule has 0 saturated carbocycles. The molecule has 0 amide bonds. The molecule has 0 saturated heterocycles. The number of carbonyl (C=O) groups is 2. The second-order valence-corrected chi connectivity index (χ2v) is 5.20. The van der Waals surface area contributed by atoms with Crippen molar-refractivity contribution < 1.29 is 57.6 Å². The fourth-order valence-corrected chi connectivity index (χ4v) is 1.08. The number of carbonyl (C=O) groups excluding carboxylic acids is 2. The van der Waals surface area contributed by atoms with Crippen molar-refractivity contribution in [2.75, 3.05) is 13.2 Å². The van der Waals surface area contributed by atoms with Crippen LogP contribution in [0.15, 0.2) is 0 Å². The molecule has 0 aliphatic heterocycles. The van der Waals surface area contributed by atoms with Gasteiger partial charge in [0.15, 0.2) is 12.6 Å². The van der Waals surface area contributed by atoms with Crippen LogP contribution in [0.5, 0.6) is 0 Å². The van der Waals surface area contributed by atoms with Crippen LogP contribution in [-0.2, 0) is 27.8 Å². The Morgan fingerprint density at radius 2 is 1.10 bits per heavy atom. The molecule has 2 N–H and O–H groups in total. The van der Waals surface area contributed by atoms with Crippen molar-refractivity contribution in [2.24, 2.45) is 0 Å². The summed E-state index contributed by atoms with van der Waals surface area (Å²) in [6.07, 6.45) is -2.99. The topological polar surface area (TPSA) is 219 Å². The van der Waals surface area contributed by atoms with Crippen LogP contribution in [0.1, 0.15) is 0 Å². The predicted molar refractivity (Wildman–Crippen MR) is 54.5 cm³/mol. The van der Waals surface area contributed by atoms with Gasteiger partial charge in [0, 0.05) is 0 Å². The molecule has 0 heterocycles. The van der Waals surface area contributed by atoms with E-state index in [1.54, 1.807) is 0 Å². The molecule has 0 aliphatic rings. The summed E-state index contributed by atoms with van der Waals surface area (Å²) >= 11 is 0. The maximum atomic E-state index is 9.67. The van der Waals surface area contributed by atoms with Crippen LogP contribution in [0.3, 0.4) is 0 Å². The fraction of sp³-hybridized carbons (Fsp3) is 0.571. The van der Waals surface area contributed by atoms with Gasteiger partial charge in [-0.2, -0.15) is 0 Å². The summed E-state index contributed by atoms with van der Waals surface area (Å²) < 4.78 is 26.4. The molecular formula is C7H10O12P2. The summed E-state index contributed by atoms with van der Waals surface area (Å²) in [7, 11) is -10.1. The van der Waals surface area contributed by atoms with Gasteiger partial charge in [0.05, 0.1) is 28.9 Å². The number of hydrogen-bond donors (Lipinski definition) is 2. The first-order valence-corrected chi connectivity index (χ1v) is 7.43. The van der Waals surface area contributed by atoms with E-state index in [9.17, 15) is 38.3 Å². The minimum atomic E-state index is -5.05. The zero-order chi connectivity index (χ0) is 16.4. The zero-order valence-corrected chi connectivity index (χ0v) is 11.9. The Bertz CT molecular complexity index is 336. The van der Waals surface area contributed by atoms with E-state index in [1.807, 2.05) is 0 Å². The van der Waals surface area contributed by atoms with Gasteiger partial charge in [-0.3, -0.25) is 0 Å². The molecule has 21 heavy (non-hydrogen) atoms. The van der Waals surface area contributed by atoms with Crippen molar-refractivity contribution in [3.63, 3.8) is 0 Å². The van der Waals surface area contributed by atoms with Gasteiger partial charge in [-0.1, -0.05) is 0 Å². The van der Waals surface area contributed by atoms with Crippen molar-refractivity contribution in [2.45, 2.75) is 12.2 Å². The standard InChI is InChI=1S/2C3H7O6P.C/c2*4-1-3(5)2-9-10(6,7)8;/h2*1,3,5H,2H2,(H2,6,7,8);/q;;+4/p-4. The van der Waals surface area contributed by atoms with Crippen LogP contribution in [0.4, 0.5) is 0 Å². The average molecular weight is 348 g/mol. The third kappa shape index (κ3) is 24.8. The molecule has 0 fully saturated rings. The molecule has 0 bridgehead atoms. The molecule has 14 heteroatoms. The van der Waals surface area contributed by atoms with Gasteiger partial charge in [0.1, 0.15) is 12.2 Å². The van der Waals surface area contributed by atoms with E-state index in [4.69, 9.17) is 10.2 Å². The van der Waals surface area contributed by atoms with Crippen molar-refractivity contribution in [3.8, 4) is 0 Å². The molecular weight excluding hydrogens is 338 g/mol. The van der Waals surface area contributed by atoms with Crippen LogP contribution >= 0.6 is 15.6 Å². The monoisotopic (exact) mass is 348 g/mol. The Hall–Kier alpha value is -0.520. The molecule has 0 aromatic heterocycles. The van der Waals surface area contributed by atoms with E-state index in [2.05, 4.69) is 9.05 Å². The largest absolute Gasteiger partial charge is 4.00 e. The number of phosphoric acid groups is 2. The number of aliphatic hydroxyl groups is 2. The molecule has 0 aromatic rings. The smallest absolute Gasteiger partial charge is 0.790 e. The van der Waals surface area contributed by atoms with Crippen LogP contribution in [0.25, 0.3) is 0 Å². The van der Waals surface area contributed by atoms with Crippen LogP contribution in [-0.4, -0.2) is 48.2 Å². The molecule has 0 spiro atoms. The first-order chi connectivity index (χ1) is 8.91. The molecule has 0 rings (SSSR count). The minimum absolute atomic E-state index is 0. The zero-order valence-electron chi connectivity index (χ0n) is 10.1. The number of rotatable bonds is 8. The Balaban J connectivity index is -0.000000295. The molecule has 0 aromatic carbocycles. The molecule has 2 atom stereocenters. The Kier molecular flexibility index (Phi) is 14.6. The van der Waals surface area contributed by atoms with Gasteiger partial charge < -0.3 is 57.6 Å². The van der Waals surface area contributed by atoms with E-state index in [1.165, 1.54) is 0 Å². The third-order valence-electron chi connectivity index (χ3n) is 1.12.